The van der Waals surface area contributed by atoms with Gasteiger partial charge in [-0.25, -0.2) is 15.0 Å². The molecule has 4 heterocycles. The highest BCUT2D eigenvalue weighted by Gasteiger charge is 2.17. The van der Waals surface area contributed by atoms with Gasteiger partial charge in [-0.1, -0.05) is 12.1 Å². The monoisotopic (exact) mass is 384 g/mol. The van der Waals surface area contributed by atoms with Crippen LogP contribution in [0.15, 0.2) is 61.3 Å². The number of anilines is 2. The Morgan fingerprint density at radius 3 is 2.69 bits per heavy atom. The van der Waals surface area contributed by atoms with Gasteiger partial charge >= 0.3 is 0 Å². The lowest BCUT2D eigenvalue weighted by molar-refractivity contribution is 0.102. The van der Waals surface area contributed by atoms with Gasteiger partial charge in [-0.3, -0.25) is 4.79 Å². The standard InChI is InChI=1S/C22H20N6O/c1-27-14-23-13-19(27)15-3-4-17-12-25-20(10-18(17)9-15)26-22(29)16-5-6-24-21(11-16)28-7-2-8-28/h3-6,9-14H,2,7-8H2,1H3,(H,25,26,29). The van der Waals surface area contributed by atoms with E-state index in [4.69, 9.17) is 0 Å². The molecule has 0 unspecified atom stereocenters. The van der Waals surface area contributed by atoms with Crippen LogP contribution in [0.5, 0.6) is 0 Å². The number of hydrogen-bond acceptors (Lipinski definition) is 5. The van der Waals surface area contributed by atoms with E-state index < -0.39 is 0 Å². The molecule has 1 saturated heterocycles. The number of rotatable bonds is 4. The number of fused-ring (bicyclic) bond motifs is 1. The largest absolute Gasteiger partial charge is 0.356 e. The maximum Gasteiger partial charge on any atom is 0.257 e. The third-order valence-corrected chi connectivity index (χ3v) is 5.26. The lowest BCUT2D eigenvalue weighted by atomic mass is 10.1. The van der Waals surface area contributed by atoms with Crippen LogP contribution in [0.2, 0.25) is 0 Å². The maximum absolute atomic E-state index is 12.7. The summed E-state index contributed by atoms with van der Waals surface area (Å²) in [6, 6.07) is 11.6. The van der Waals surface area contributed by atoms with Crippen molar-refractivity contribution < 1.29 is 4.79 Å². The molecule has 0 bridgehead atoms. The van der Waals surface area contributed by atoms with Gasteiger partial charge in [0.25, 0.3) is 5.91 Å². The molecule has 29 heavy (non-hydrogen) atoms. The van der Waals surface area contributed by atoms with Crippen LogP contribution in [0.1, 0.15) is 16.8 Å². The molecule has 144 valence electrons. The third-order valence-electron chi connectivity index (χ3n) is 5.26. The summed E-state index contributed by atoms with van der Waals surface area (Å²) in [7, 11) is 1.97. The molecule has 1 aromatic carbocycles. The van der Waals surface area contributed by atoms with E-state index in [9.17, 15) is 4.79 Å². The molecule has 1 aliphatic heterocycles. The second-order valence-corrected chi connectivity index (χ2v) is 7.22. The van der Waals surface area contributed by atoms with Gasteiger partial charge in [-0.05, 0) is 36.1 Å². The molecule has 7 nitrogen and oxygen atoms in total. The van der Waals surface area contributed by atoms with Crippen molar-refractivity contribution in [1.82, 2.24) is 19.5 Å². The van der Waals surface area contributed by atoms with Gasteiger partial charge < -0.3 is 14.8 Å². The zero-order valence-electron chi connectivity index (χ0n) is 16.0. The number of aryl methyl sites for hydroxylation is 1. The first kappa shape index (κ1) is 17.4. The minimum Gasteiger partial charge on any atom is -0.356 e. The van der Waals surface area contributed by atoms with Crippen molar-refractivity contribution in [2.24, 2.45) is 7.05 Å². The van der Waals surface area contributed by atoms with Gasteiger partial charge in [0.2, 0.25) is 0 Å². The van der Waals surface area contributed by atoms with Crippen molar-refractivity contribution in [1.29, 1.82) is 0 Å². The average Bonchev–Trinajstić information content (AvgIpc) is 3.12. The fourth-order valence-corrected chi connectivity index (χ4v) is 3.47. The first-order valence-corrected chi connectivity index (χ1v) is 9.56. The van der Waals surface area contributed by atoms with Gasteiger partial charge in [-0.2, -0.15) is 0 Å². The Morgan fingerprint density at radius 1 is 1.03 bits per heavy atom. The van der Waals surface area contributed by atoms with E-state index in [0.717, 1.165) is 40.9 Å². The SMILES string of the molecule is Cn1cncc1-c1ccc2cnc(NC(=O)c3ccnc(N4CCC4)c3)cc2c1. The average molecular weight is 384 g/mol. The van der Waals surface area contributed by atoms with E-state index in [1.807, 2.05) is 42.1 Å². The maximum atomic E-state index is 12.7. The number of hydrogen-bond donors (Lipinski definition) is 1. The first-order valence-electron chi connectivity index (χ1n) is 9.56. The van der Waals surface area contributed by atoms with E-state index in [2.05, 4.69) is 31.2 Å². The number of amides is 1. The summed E-state index contributed by atoms with van der Waals surface area (Å²) in [5.41, 5.74) is 2.67. The molecule has 1 N–H and O–H groups in total. The van der Waals surface area contributed by atoms with E-state index in [0.29, 0.717) is 11.4 Å². The first-order chi connectivity index (χ1) is 14.2. The Hall–Kier alpha value is -3.74. The Bertz CT molecular complexity index is 1210. The molecular weight excluding hydrogens is 364 g/mol. The number of nitrogens with one attached hydrogen (secondary N) is 1. The molecule has 0 saturated carbocycles. The Morgan fingerprint density at radius 2 is 1.93 bits per heavy atom. The number of carbonyl (C=O) groups is 1. The van der Waals surface area contributed by atoms with E-state index in [1.165, 1.54) is 6.42 Å². The van der Waals surface area contributed by atoms with Crippen LogP contribution < -0.4 is 10.2 Å². The van der Waals surface area contributed by atoms with Crippen LogP contribution in [0, 0.1) is 0 Å². The Balaban J connectivity index is 1.41. The fraction of sp³-hybridized carbons (Fsp3) is 0.182. The normalized spacial score (nSPS) is 13.3. The molecule has 5 rings (SSSR count). The predicted octanol–water partition coefficient (Wildman–Crippen LogP) is 3.49. The second kappa shape index (κ2) is 7.01. The van der Waals surface area contributed by atoms with E-state index in [-0.39, 0.29) is 5.91 Å². The lowest BCUT2D eigenvalue weighted by Gasteiger charge is -2.32. The highest BCUT2D eigenvalue weighted by atomic mass is 16.1. The number of benzene rings is 1. The van der Waals surface area contributed by atoms with Gasteiger partial charge in [0.1, 0.15) is 11.6 Å². The molecule has 0 spiro atoms. The number of aromatic nitrogens is 4. The van der Waals surface area contributed by atoms with Gasteiger partial charge in [0.05, 0.1) is 18.2 Å². The van der Waals surface area contributed by atoms with Crippen molar-refractivity contribution in [3.8, 4) is 11.3 Å². The molecule has 0 atom stereocenters. The summed E-state index contributed by atoms with van der Waals surface area (Å²) in [5.74, 6) is 1.17. The topological polar surface area (TPSA) is 75.9 Å². The second-order valence-electron chi connectivity index (χ2n) is 7.22. The van der Waals surface area contributed by atoms with Gasteiger partial charge in [-0.15, -0.1) is 0 Å². The number of carbonyl (C=O) groups excluding carboxylic acids is 1. The molecule has 3 aromatic heterocycles. The van der Waals surface area contributed by atoms with Crippen molar-refractivity contribution in [3.63, 3.8) is 0 Å². The van der Waals surface area contributed by atoms with Crippen LogP contribution in [0.3, 0.4) is 0 Å². The molecule has 0 radical (unpaired) electrons. The summed E-state index contributed by atoms with van der Waals surface area (Å²) >= 11 is 0. The molecule has 4 aromatic rings. The zero-order chi connectivity index (χ0) is 19.8. The molecule has 1 aliphatic rings. The highest BCUT2D eigenvalue weighted by molar-refractivity contribution is 6.05. The van der Waals surface area contributed by atoms with Crippen molar-refractivity contribution >= 4 is 28.3 Å². The molecule has 1 fully saturated rings. The van der Waals surface area contributed by atoms with Crippen LogP contribution in [-0.4, -0.2) is 38.5 Å². The third kappa shape index (κ3) is 3.31. The zero-order valence-corrected chi connectivity index (χ0v) is 16.0. The molecule has 7 heteroatoms. The summed E-state index contributed by atoms with van der Waals surface area (Å²) in [5, 5.41) is 4.92. The molecule has 1 amide bonds. The number of imidazole rings is 1. The summed E-state index contributed by atoms with van der Waals surface area (Å²) in [6.45, 7) is 1.98. The quantitative estimate of drug-likeness (QED) is 0.583. The minimum absolute atomic E-state index is 0.191. The van der Waals surface area contributed by atoms with Gasteiger partial charge in [0.15, 0.2) is 0 Å². The smallest absolute Gasteiger partial charge is 0.257 e. The van der Waals surface area contributed by atoms with Crippen LogP contribution in [0.4, 0.5) is 11.6 Å². The highest BCUT2D eigenvalue weighted by Crippen LogP contribution is 2.25. The number of nitrogens with zero attached hydrogens (tertiary/aromatic N) is 5. The number of pyridine rings is 2. The summed E-state index contributed by atoms with van der Waals surface area (Å²) in [4.78, 5) is 27.8. The molecule has 0 aliphatic carbocycles. The Kier molecular flexibility index (Phi) is 4.20. The van der Waals surface area contributed by atoms with Crippen LogP contribution in [-0.2, 0) is 7.05 Å². The van der Waals surface area contributed by atoms with Crippen molar-refractivity contribution in [2.45, 2.75) is 6.42 Å². The minimum atomic E-state index is -0.191. The summed E-state index contributed by atoms with van der Waals surface area (Å²) in [6.07, 6.45) is 8.23. The lowest BCUT2D eigenvalue weighted by Crippen LogP contribution is -2.37. The van der Waals surface area contributed by atoms with Gasteiger partial charge in [0, 0.05) is 49.0 Å². The van der Waals surface area contributed by atoms with Crippen LogP contribution in [0.25, 0.3) is 22.0 Å². The summed E-state index contributed by atoms with van der Waals surface area (Å²) < 4.78 is 1.98. The van der Waals surface area contributed by atoms with Crippen molar-refractivity contribution in [3.05, 3.63) is 66.9 Å². The predicted molar refractivity (Wildman–Crippen MR) is 113 cm³/mol. The van der Waals surface area contributed by atoms with Crippen molar-refractivity contribution in [2.75, 3.05) is 23.3 Å². The fourth-order valence-electron chi connectivity index (χ4n) is 3.47. The molecular formula is C22H20N6O. The van der Waals surface area contributed by atoms with Crippen LogP contribution >= 0.6 is 0 Å². The Labute approximate surface area is 168 Å². The van der Waals surface area contributed by atoms with E-state index >= 15 is 0 Å². The van der Waals surface area contributed by atoms with E-state index in [1.54, 1.807) is 24.8 Å².